The molecule has 25 heavy (non-hydrogen) atoms. The van der Waals surface area contributed by atoms with Crippen molar-refractivity contribution in [3.63, 3.8) is 0 Å². The van der Waals surface area contributed by atoms with Crippen molar-refractivity contribution >= 4 is 17.3 Å². The molecule has 0 aromatic heterocycles. The summed E-state index contributed by atoms with van der Waals surface area (Å²) in [5, 5.41) is 15.1. The van der Waals surface area contributed by atoms with E-state index in [0.717, 1.165) is 37.0 Å². The first-order valence-electron chi connectivity index (χ1n) is 8.28. The highest BCUT2D eigenvalue weighted by molar-refractivity contribution is 6.02. The summed E-state index contributed by atoms with van der Waals surface area (Å²) in [5.74, 6) is -0.465. The number of hydrazone groups is 1. The highest BCUT2D eigenvalue weighted by atomic mass is 16.6. The molecule has 0 radical (unpaired) electrons. The fourth-order valence-electron chi connectivity index (χ4n) is 2.38. The summed E-state index contributed by atoms with van der Waals surface area (Å²) in [5.41, 5.74) is 4.36. The third kappa shape index (κ3) is 5.53. The normalized spacial score (nSPS) is 11.2. The summed E-state index contributed by atoms with van der Waals surface area (Å²) in [6.45, 7) is 2.13. The van der Waals surface area contributed by atoms with Crippen LogP contribution in [-0.2, 0) is 0 Å². The van der Waals surface area contributed by atoms with E-state index >= 15 is 0 Å². The monoisotopic (exact) mass is 339 g/mol. The molecule has 0 fully saturated rings. The van der Waals surface area contributed by atoms with Crippen molar-refractivity contribution in [2.45, 2.75) is 32.6 Å². The van der Waals surface area contributed by atoms with Gasteiger partial charge in [0.05, 0.1) is 10.6 Å². The summed E-state index contributed by atoms with van der Waals surface area (Å²) in [6.07, 6.45) is 3.93. The molecule has 0 spiro atoms. The molecule has 6 heteroatoms. The van der Waals surface area contributed by atoms with E-state index in [1.165, 1.54) is 24.3 Å². The Morgan fingerprint density at radius 2 is 1.80 bits per heavy atom. The second kappa shape index (κ2) is 9.32. The number of rotatable bonds is 8. The van der Waals surface area contributed by atoms with Gasteiger partial charge in [0.1, 0.15) is 0 Å². The van der Waals surface area contributed by atoms with Gasteiger partial charge in [0.15, 0.2) is 0 Å². The molecule has 0 saturated heterocycles. The van der Waals surface area contributed by atoms with Gasteiger partial charge in [0.25, 0.3) is 11.6 Å². The molecule has 1 N–H and O–H groups in total. The molecule has 130 valence electrons. The number of benzene rings is 2. The predicted molar refractivity (Wildman–Crippen MR) is 97.7 cm³/mol. The lowest BCUT2D eigenvalue weighted by Crippen LogP contribution is -2.20. The molecule has 0 aliphatic heterocycles. The quantitative estimate of drug-likeness (QED) is 0.336. The van der Waals surface area contributed by atoms with Gasteiger partial charge < -0.3 is 0 Å². The Balaban J connectivity index is 2.15. The Morgan fingerprint density at radius 1 is 1.08 bits per heavy atom. The van der Waals surface area contributed by atoms with E-state index < -0.39 is 10.8 Å². The molecule has 6 nitrogen and oxygen atoms in total. The van der Waals surface area contributed by atoms with Gasteiger partial charge in [-0.3, -0.25) is 14.9 Å². The van der Waals surface area contributed by atoms with E-state index in [2.05, 4.69) is 17.5 Å². The summed E-state index contributed by atoms with van der Waals surface area (Å²) >= 11 is 0. The van der Waals surface area contributed by atoms with Crippen molar-refractivity contribution in [3.8, 4) is 0 Å². The summed E-state index contributed by atoms with van der Waals surface area (Å²) in [6, 6.07) is 15.3. The largest absolute Gasteiger partial charge is 0.271 e. The second-order valence-corrected chi connectivity index (χ2v) is 5.63. The van der Waals surface area contributed by atoms with Gasteiger partial charge in [-0.15, -0.1) is 0 Å². The molecule has 0 saturated carbocycles. The minimum absolute atomic E-state index is 0.122. The van der Waals surface area contributed by atoms with E-state index in [1.54, 1.807) is 0 Å². The third-order valence-corrected chi connectivity index (χ3v) is 3.74. The molecule has 0 heterocycles. The van der Waals surface area contributed by atoms with Crippen LogP contribution < -0.4 is 5.43 Å². The van der Waals surface area contributed by atoms with Gasteiger partial charge in [-0.2, -0.15) is 5.10 Å². The molecule has 0 aliphatic carbocycles. The fraction of sp³-hybridized carbons (Fsp3) is 0.263. The SMILES string of the molecule is CCCCCC(=NNC(=O)c1cccc([N+](=O)[O-])c1)c1ccccc1. The van der Waals surface area contributed by atoms with E-state index in [1.807, 2.05) is 30.3 Å². The van der Waals surface area contributed by atoms with Crippen LogP contribution in [-0.4, -0.2) is 16.5 Å². The number of nitro groups is 1. The van der Waals surface area contributed by atoms with Gasteiger partial charge in [0.2, 0.25) is 0 Å². The molecular weight excluding hydrogens is 318 g/mol. The Morgan fingerprint density at radius 3 is 2.48 bits per heavy atom. The highest BCUT2D eigenvalue weighted by Crippen LogP contribution is 2.13. The van der Waals surface area contributed by atoms with Crippen molar-refractivity contribution in [1.82, 2.24) is 5.43 Å². The van der Waals surface area contributed by atoms with Crippen molar-refractivity contribution < 1.29 is 9.72 Å². The zero-order valence-corrected chi connectivity index (χ0v) is 14.1. The summed E-state index contributed by atoms with van der Waals surface area (Å²) < 4.78 is 0. The van der Waals surface area contributed by atoms with Gasteiger partial charge in [-0.05, 0) is 24.5 Å². The maximum Gasteiger partial charge on any atom is 0.271 e. The first kappa shape index (κ1) is 18.3. The van der Waals surface area contributed by atoms with E-state index in [9.17, 15) is 14.9 Å². The van der Waals surface area contributed by atoms with Crippen molar-refractivity contribution in [3.05, 3.63) is 75.8 Å². The summed E-state index contributed by atoms with van der Waals surface area (Å²) in [7, 11) is 0. The average Bonchev–Trinajstić information content (AvgIpc) is 2.65. The standard InChI is InChI=1S/C19H21N3O3/c1-2-3-5-13-18(15-9-6-4-7-10-15)20-21-19(23)16-11-8-12-17(14-16)22(24)25/h4,6-12,14H,2-3,5,13H2,1H3,(H,21,23). The van der Waals surface area contributed by atoms with Crippen LogP contribution in [0.1, 0.15) is 48.5 Å². The maximum absolute atomic E-state index is 12.2. The topological polar surface area (TPSA) is 84.6 Å². The first-order chi connectivity index (χ1) is 12.1. The molecule has 2 aromatic rings. The van der Waals surface area contributed by atoms with Crippen LogP contribution in [0.3, 0.4) is 0 Å². The minimum atomic E-state index is -0.528. The highest BCUT2D eigenvalue weighted by Gasteiger charge is 2.11. The number of carbonyl (C=O) groups excluding carboxylic acids is 1. The van der Waals surface area contributed by atoms with Crippen LogP contribution in [0.4, 0.5) is 5.69 Å². The van der Waals surface area contributed by atoms with Crippen LogP contribution in [0.2, 0.25) is 0 Å². The Bertz CT molecular complexity index is 758. The van der Waals surface area contributed by atoms with Gasteiger partial charge in [-0.1, -0.05) is 56.2 Å². The fourth-order valence-corrected chi connectivity index (χ4v) is 2.38. The molecule has 2 rings (SSSR count). The molecule has 2 aromatic carbocycles. The molecule has 1 amide bonds. The summed E-state index contributed by atoms with van der Waals surface area (Å²) in [4.78, 5) is 22.5. The molecule has 0 bridgehead atoms. The number of non-ortho nitro benzene ring substituents is 1. The first-order valence-corrected chi connectivity index (χ1v) is 8.28. The van der Waals surface area contributed by atoms with Crippen LogP contribution in [0, 0.1) is 10.1 Å². The number of hydrogen-bond donors (Lipinski definition) is 1. The van der Waals surface area contributed by atoms with Crippen molar-refractivity contribution in [1.29, 1.82) is 0 Å². The van der Waals surface area contributed by atoms with Gasteiger partial charge in [0, 0.05) is 17.7 Å². The smallest absolute Gasteiger partial charge is 0.267 e. The number of nitrogens with zero attached hydrogens (tertiary/aromatic N) is 2. The van der Waals surface area contributed by atoms with E-state index in [-0.39, 0.29) is 11.3 Å². The number of amides is 1. The molecule has 0 unspecified atom stereocenters. The predicted octanol–water partition coefficient (Wildman–Crippen LogP) is 4.31. The lowest BCUT2D eigenvalue weighted by Gasteiger charge is -2.07. The number of carbonyl (C=O) groups is 1. The maximum atomic E-state index is 12.2. The van der Waals surface area contributed by atoms with Crippen molar-refractivity contribution in [2.75, 3.05) is 0 Å². The molecule has 0 aliphatic rings. The Kier molecular flexibility index (Phi) is 6.83. The van der Waals surface area contributed by atoms with E-state index in [0.29, 0.717) is 0 Å². The Labute approximate surface area is 146 Å². The minimum Gasteiger partial charge on any atom is -0.267 e. The second-order valence-electron chi connectivity index (χ2n) is 5.63. The lowest BCUT2D eigenvalue weighted by atomic mass is 10.0. The van der Waals surface area contributed by atoms with Crippen LogP contribution >= 0.6 is 0 Å². The third-order valence-electron chi connectivity index (χ3n) is 3.74. The molecular formula is C19H21N3O3. The van der Waals surface area contributed by atoms with Crippen LogP contribution in [0.5, 0.6) is 0 Å². The number of hydrogen-bond acceptors (Lipinski definition) is 4. The van der Waals surface area contributed by atoms with Gasteiger partial charge >= 0.3 is 0 Å². The van der Waals surface area contributed by atoms with E-state index in [4.69, 9.17) is 0 Å². The average molecular weight is 339 g/mol. The zero-order valence-electron chi connectivity index (χ0n) is 14.1. The lowest BCUT2D eigenvalue weighted by molar-refractivity contribution is -0.384. The number of unbranched alkanes of at least 4 members (excludes halogenated alkanes) is 2. The number of nitro benzene ring substituents is 1. The van der Waals surface area contributed by atoms with Crippen LogP contribution in [0.25, 0.3) is 0 Å². The molecule has 0 atom stereocenters. The van der Waals surface area contributed by atoms with Crippen LogP contribution in [0.15, 0.2) is 59.7 Å². The number of nitrogens with one attached hydrogen (secondary N) is 1. The van der Waals surface area contributed by atoms with Gasteiger partial charge in [-0.25, -0.2) is 5.43 Å². The Hall–Kier alpha value is -3.02. The zero-order chi connectivity index (χ0) is 18.1. The van der Waals surface area contributed by atoms with Crippen molar-refractivity contribution in [2.24, 2.45) is 5.10 Å².